The molecule has 0 bridgehead atoms. The number of carbonyl (C=O) groups is 2. The molecule has 2 aromatic heterocycles. The van der Waals surface area contributed by atoms with Gasteiger partial charge in [-0.1, -0.05) is 70.7 Å². The van der Waals surface area contributed by atoms with Crippen molar-refractivity contribution in [2.24, 2.45) is 0 Å². The molecule has 0 spiro atoms. The average Bonchev–Trinajstić information content (AvgIpc) is 3.88. The molecule has 6 aromatic carbocycles. The Morgan fingerprint density at radius 1 is 0.561 bits per heavy atom. The molecule has 66 heavy (non-hydrogen) atoms. The number of nitrogens with zero attached hydrogens (tertiary/aromatic N) is 2. The van der Waals surface area contributed by atoms with E-state index in [0.29, 0.717) is 55.6 Å². The fourth-order valence-electron chi connectivity index (χ4n) is 7.19. The number of aromatic carboxylic acids is 1. The molecule has 14 heteroatoms. The van der Waals surface area contributed by atoms with Crippen LogP contribution >= 0.6 is 46.4 Å². The molecule has 0 radical (unpaired) electrons. The van der Waals surface area contributed by atoms with Gasteiger partial charge in [-0.15, -0.1) is 0 Å². The Kier molecular flexibility index (Phi) is 15.2. The molecule has 336 valence electrons. The van der Waals surface area contributed by atoms with E-state index in [2.05, 4.69) is 0 Å². The number of halogens is 6. The van der Waals surface area contributed by atoms with Crippen LogP contribution in [-0.2, 0) is 18.0 Å². The van der Waals surface area contributed by atoms with Gasteiger partial charge in [-0.05, 0) is 142 Å². The summed E-state index contributed by atoms with van der Waals surface area (Å²) >= 11 is 24.9. The summed E-state index contributed by atoms with van der Waals surface area (Å²) in [6, 6.07) is 40.7. The lowest BCUT2D eigenvalue weighted by Crippen LogP contribution is -2.07. The first-order chi connectivity index (χ1) is 31.7. The van der Waals surface area contributed by atoms with Gasteiger partial charge in [0, 0.05) is 55.1 Å². The number of carboxylic acid groups (broad SMARTS) is 1. The number of ether oxygens (including phenoxy) is 3. The third-order valence-electron chi connectivity index (χ3n) is 10.4. The first-order valence-corrected chi connectivity index (χ1v) is 21.9. The monoisotopic (exact) mass is 966 g/mol. The smallest absolute Gasteiger partial charge is 0.338 e. The Labute approximate surface area is 400 Å². The molecule has 0 unspecified atom stereocenters. The van der Waals surface area contributed by atoms with Crippen LogP contribution in [0.15, 0.2) is 146 Å². The van der Waals surface area contributed by atoms with E-state index in [4.69, 9.17) is 60.6 Å². The van der Waals surface area contributed by atoms with Crippen molar-refractivity contribution in [1.29, 1.82) is 0 Å². The van der Waals surface area contributed by atoms with Crippen molar-refractivity contribution in [2.45, 2.75) is 34.0 Å². The number of carboxylic acids is 1. The van der Waals surface area contributed by atoms with Gasteiger partial charge in [-0.25, -0.2) is 18.4 Å². The van der Waals surface area contributed by atoms with Crippen molar-refractivity contribution < 1.29 is 37.7 Å². The third kappa shape index (κ3) is 11.1. The van der Waals surface area contributed by atoms with E-state index in [9.17, 15) is 23.5 Å². The summed E-state index contributed by atoms with van der Waals surface area (Å²) in [7, 11) is 0. The van der Waals surface area contributed by atoms with Crippen LogP contribution in [-0.4, -0.2) is 32.8 Å². The summed E-state index contributed by atoms with van der Waals surface area (Å²) in [6.07, 6.45) is 0. The zero-order valence-corrected chi connectivity index (χ0v) is 38.7. The van der Waals surface area contributed by atoms with Crippen LogP contribution in [0.5, 0.6) is 11.5 Å². The normalized spacial score (nSPS) is 10.9. The van der Waals surface area contributed by atoms with Crippen molar-refractivity contribution >= 4 is 58.3 Å². The quantitative estimate of drug-likeness (QED) is 0.116. The molecule has 0 fully saturated rings. The molecule has 1 N–H and O–H groups in total. The predicted octanol–water partition coefficient (Wildman–Crippen LogP) is 14.8. The van der Waals surface area contributed by atoms with Gasteiger partial charge in [0.25, 0.3) is 0 Å². The van der Waals surface area contributed by atoms with E-state index in [-0.39, 0.29) is 29.8 Å². The molecule has 0 saturated heterocycles. The van der Waals surface area contributed by atoms with E-state index in [1.807, 2.05) is 71.5 Å². The summed E-state index contributed by atoms with van der Waals surface area (Å²) in [6.45, 7) is 6.28. The molecule has 0 saturated carbocycles. The highest BCUT2D eigenvalue weighted by Crippen LogP contribution is 2.38. The molecule has 0 aliphatic rings. The van der Waals surface area contributed by atoms with Crippen LogP contribution in [0.4, 0.5) is 8.78 Å². The van der Waals surface area contributed by atoms with E-state index < -0.39 is 17.6 Å². The lowest BCUT2D eigenvalue weighted by molar-refractivity contribution is 0.0525. The number of aryl methyl sites for hydroxylation is 2. The minimum atomic E-state index is -0.999. The number of hydrogen-bond acceptors (Lipinski definition) is 5. The Morgan fingerprint density at radius 3 is 1.45 bits per heavy atom. The highest BCUT2D eigenvalue weighted by Gasteiger charge is 2.19. The fourth-order valence-corrected chi connectivity index (χ4v) is 7.98. The highest BCUT2D eigenvalue weighted by atomic mass is 35.5. The zero-order valence-electron chi connectivity index (χ0n) is 35.6. The number of esters is 1. The van der Waals surface area contributed by atoms with Gasteiger partial charge in [-0.3, -0.25) is 0 Å². The third-order valence-corrected chi connectivity index (χ3v) is 11.5. The van der Waals surface area contributed by atoms with Crippen LogP contribution in [0.25, 0.3) is 33.9 Å². The molecule has 2 heterocycles. The maximum absolute atomic E-state index is 13.4. The summed E-state index contributed by atoms with van der Waals surface area (Å²) < 4.78 is 48.0. The summed E-state index contributed by atoms with van der Waals surface area (Å²) in [5, 5.41) is 11.0. The number of aromatic nitrogens is 2. The molecule has 0 amide bonds. The van der Waals surface area contributed by atoms with Gasteiger partial charge in [0.1, 0.15) is 36.3 Å². The minimum absolute atomic E-state index is 0.141. The largest absolute Gasteiger partial charge is 0.488 e. The maximum Gasteiger partial charge on any atom is 0.338 e. The van der Waals surface area contributed by atoms with Gasteiger partial charge in [-0.2, -0.15) is 0 Å². The Hall–Kier alpha value is -6.56. The molecule has 8 aromatic rings. The lowest BCUT2D eigenvalue weighted by Gasteiger charge is -2.17. The Bertz CT molecular complexity index is 3080. The maximum atomic E-state index is 13.4. The van der Waals surface area contributed by atoms with Crippen LogP contribution in [0.1, 0.15) is 50.2 Å². The fraction of sp³-hybridized carbons (Fsp3) is 0.115. The molecular weight excluding hydrogens is 928 g/mol. The summed E-state index contributed by atoms with van der Waals surface area (Å²) in [4.78, 5) is 23.7. The molecule has 0 aliphatic carbocycles. The van der Waals surface area contributed by atoms with Crippen LogP contribution in [0.3, 0.4) is 0 Å². The van der Waals surface area contributed by atoms with Gasteiger partial charge >= 0.3 is 11.9 Å². The topological polar surface area (TPSA) is 91.9 Å². The van der Waals surface area contributed by atoms with Crippen LogP contribution in [0.2, 0.25) is 20.1 Å². The molecular formula is C52H40Cl4F2N2O6. The SMILES string of the molecule is CCOC(=O)c1cccc(-n2c(C)ccc2-c2cc(Cl)ccc2OCc2ccc(F)cc2Cl)c1.Cc1ccc(-c2cc(Cl)ccc2OCc2ccc(F)cc2Cl)n1-c1cccc(C(=O)O)c1. The number of rotatable bonds is 13. The van der Waals surface area contributed by atoms with Gasteiger partial charge in [0.2, 0.25) is 0 Å². The second-order valence-corrected chi connectivity index (χ2v) is 16.5. The van der Waals surface area contributed by atoms with E-state index in [1.165, 1.54) is 24.3 Å². The lowest BCUT2D eigenvalue weighted by atomic mass is 10.1. The van der Waals surface area contributed by atoms with Crippen LogP contribution in [0, 0.1) is 25.5 Å². The van der Waals surface area contributed by atoms with Crippen molar-refractivity contribution in [3.63, 3.8) is 0 Å². The second kappa shape index (κ2) is 21.2. The summed E-state index contributed by atoms with van der Waals surface area (Å²) in [5.41, 5.74) is 8.46. The standard InChI is InChI=1S/C27H22Cl2FNO3.C25H18Cl2FNO3/c1-3-33-27(32)18-5-4-6-22(13-18)31-17(2)7-11-25(31)23-14-20(28)9-12-26(23)34-16-19-8-10-21(30)15-24(19)29;1-15-5-9-23(29(15)20-4-2-3-16(11-20)25(30)31)21-12-18(26)7-10-24(21)32-14-17-6-8-19(28)13-22(17)27/h4-15H,3,16H2,1-2H3;2-13H,14H2,1H3,(H,30,31). The predicted molar refractivity (Wildman–Crippen MR) is 256 cm³/mol. The van der Waals surface area contributed by atoms with Gasteiger partial charge in [0.15, 0.2) is 0 Å². The van der Waals surface area contributed by atoms with Gasteiger partial charge in [0.05, 0.1) is 39.2 Å². The second-order valence-electron chi connectivity index (χ2n) is 14.8. The number of benzene rings is 6. The zero-order chi connectivity index (χ0) is 47.1. The molecule has 8 nitrogen and oxygen atoms in total. The van der Waals surface area contributed by atoms with E-state index >= 15 is 0 Å². The van der Waals surface area contributed by atoms with Crippen molar-refractivity contribution in [1.82, 2.24) is 9.13 Å². The highest BCUT2D eigenvalue weighted by molar-refractivity contribution is 6.32. The first kappa shape index (κ1) is 47.4. The van der Waals surface area contributed by atoms with Crippen LogP contribution < -0.4 is 9.47 Å². The number of carbonyl (C=O) groups excluding carboxylic acids is 1. The van der Waals surface area contributed by atoms with Crippen molar-refractivity contribution in [3.05, 3.63) is 211 Å². The van der Waals surface area contributed by atoms with Crippen molar-refractivity contribution in [2.75, 3.05) is 6.61 Å². The van der Waals surface area contributed by atoms with E-state index in [0.717, 1.165) is 39.6 Å². The molecule has 0 aliphatic heterocycles. The number of hydrogen-bond donors (Lipinski definition) is 1. The molecule has 0 atom stereocenters. The Balaban J connectivity index is 0.000000197. The average molecular weight is 969 g/mol. The Morgan fingerprint density at radius 2 is 1.02 bits per heavy atom. The van der Waals surface area contributed by atoms with Crippen molar-refractivity contribution in [3.8, 4) is 45.4 Å². The van der Waals surface area contributed by atoms with Gasteiger partial charge < -0.3 is 28.5 Å². The van der Waals surface area contributed by atoms with E-state index in [1.54, 1.807) is 79.7 Å². The minimum Gasteiger partial charge on any atom is -0.488 e. The molecule has 8 rings (SSSR count). The first-order valence-electron chi connectivity index (χ1n) is 20.4. The summed E-state index contributed by atoms with van der Waals surface area (Å²) in [5.74, 6) is -1.05.